The second kappa shape index (κ2) is 9.00. The van der Waals surface area contributed by atoms with Crippen LogP contribution in [0.3, 0.4) is 0 Å². The van der Waals surface area contributed by atoms with Crippen molar-refractivity contribution < 1.29 is 14.3 Å². The molecule has 2 aromatic rings. The molecule has 3 heteroatoms. The van der Waals surface area contributed by atoms with Crippen molar-refractivity contribution in [2.75, 3.05) is 13.2 Å². The maximum absolute atomic E-state index is 10.7. The Bertz CT molecular complexity index is 512. The van der Waals surface area contributed by atoms with Crippen LogP contribution in [0.15, 0.2) is 60.7 Å². The topological polar surface area (TPSA) is 35.5 Å². The minimum atomic E-state index is -0.229. The van der Waals surface area contributed by atoms with Gasteiger partial charge in [0.1, 0.15) is 6.10 Å². The van der Waals surface area contributed by atoms with E-state index >= 15 is 0 Å². The van der Waals surface area contributed by atoms with Gasteiger partial charge < -0.3 is 9.47 Å². The first-order valence-corrected chi connectivity index (χ1v) is 7.62. The van der Waals surface area contributed by atoms with Crippen LogP contribution in [0.2, 0.25) is 0 Å². The molecule has 0 saturated carbocycles. The van der Waals surface area contributed by atoms with Crippen LogP contribution in [0.4, 0.5) is 0 Å². The Morgan fingerprint density at radius 3 is 1.86 bits per heavy atom. The summed E-state index contributed by atoms with van der Waals surface area (Å²) in [6.07, 6.45) is 1.62. The summed E-state index contributed by atoms with van der Waals surface area (Å²) in [5.74, 6) is -0.229. The molecular weight excluding hydrogens is 276 g/mol. The van der Waals surface area contributed by atoms with Crippen molar-refractivity contribution in [2.24, 2.45) is 0 Å². The van der Waals surface area contributed by atoms with Gasteiger partial charge in [0.05, 0.1) is 6.61 Å². The number of carbonyl (C=O) groups is 1. The van der Waals surface area contributed by atoms with Crippen LogP contribution in [0.1, 0.15) is 37.0 Å². The highest BCUT2D eigenvalue weighted by atomic mass is 16.5. The van der Waals surface area contributed by atoms with Gasteiger partial charge in [-0.05, 0) is 24.0 Å². The Morgan fingerprint density at radius 1 is 0.864 bits per heavy atom. The third kappa shape index (κ3) is 5.34. The number of ether oxygens (including phenoxy) is 2. The standard InChI is InChI=1S/C19H22O3/c1-16(20)21-14-8-9-15-22-19(17-10-4-2-5-11-17)18-12-6-3-7-13-18/h2-7,10-13,19H,8-9,14-15H2,1H3. The van der Waals surface area contributed by atoms with Crippen LogP contribution in [-0.2, 0) is 14.3 Å². The minimum absolute atomic E-state index is 0.0591. The van der Waals surface area contributed by atoms with Gasteiger partial charge in [-0.25, -0.2) is 0 Å². The van der Waals surface area contributed by atoms with Crippen molar-refractivity contribution in [3.05, 3.63) is 71.8 Å². The lowest BCUT2D eigenvalue weighted by Crippen LogP contribution is -2.08. The molecule has 0 aliphatic carbocycles. The Kier molecular flexibility index (Phi) is 6.65. The second-order valence-corrected chi connectivity index (χ2v) is 5.12. The number of carbonyl (C=O) groups excluding carboxylic acids is 1. The fraction of sp³-hybridized carbons (Fsp3) is 0.316. The maximum Gasteiger partial charge on any atom is 0.302 e. The van der Waals surface area contributed by atoms with Gasteiger partial charge in [0.2, 0.25) is 0 Å². The highest BCUT2D eigenvalue weighted by Crippen LogP contribution is 2.25. The smallest absolute Gasteiger partial charge is 0.302 e. The molecule has 0 fully saturated rings. The van der Waals surface area contributed by atoms with Gasteiger partial charge in [0, 0.05) is 13.5 Å². The quantitative estimate of drug-likeness (QED) is 0.543. The van der Waals surface area contributed by atoms with Crippen molar-refractivity contribution >= 4 is 5.97 Å². The van der Waals surface area contributed by atoms with Crippen molar-refractivity contribution in [2.45, 2.75) is 25.9 Å². The van der Waals surface area contributed by atoms with Gasteiger partial charge in [0.15, 0.2) is 0 Å². The SMILES string of the molecule is CC(=O)OCCCCOC(c1ccccc1)c1ccccc1. The zero-order chi connectivity index (χ0) is 15.6. The predicted molar refractivity (Wildman–Crippen MR) is 86.5 cm³/mol. The lowest BCUT2D eigenvalue weighted by atomic mass is 10.0. The minimum Gasteiger partial charge on any atom is -0.466 e. The van der Waals surface area contributed by atoms with Crippen molar-refractivity contribution in [3.63, 3.8) is 0 Å². The van der Waals surface area contributed by atoms with Gasteiger partial charge in [-0.2, -0.15) is 0 Å². The molecule has 0 aromatic heterocycles. The molecule has 0 spiro atoms. The van der Waals surface area contributed by atoms with Crippen LogP contribution in [0.5, 0.6) is 0 Å². The Hall–Kier alpha value is -2.13. The van der Waals surface area contributed by atoms with E-state index in [1.165, 1.54) is 6.92 Å². The number of hydrogen-bond acceptors (Lipinski definition) is 3. The first-order valence-electron chi connectivity index (χ1n) is 7.62. The molecule has 0 bridgehead atoms. The summed E-state index contributed by atoms with van der Waals surface area (Å²) in [4.78, 5) is 10.7. The van der Waals surface area contributed by atoms with Crippen LogP contribution in [0, 0.1) is 0 Å². The average Bonchev–Trinajstić information content (AvgIpc) is 2.55. The van der Waals surface area contributed by atoms with E-state index in [0.29, 0.717) is 13.2 Å². The second-order valence-electron chi connectivity index (χ2n) is 5.12. The Labute approximate surface area is 131 Å². The monoisotopic (exact) mass is 298 g/mol. The first-order chi connectivity index (χ1) is 10.8. The van der Waals surface area contributed by atoms with Crippen LogP contribution < -0.4 is 0 Å². The molecular formula is C19H22O3. The molecule has 0 N–H and O–H groups in total. The van der Waals surface area contributed by atoms with Gasteiger partial charge in [-0.15, -0.1) is 0 Å². The predicted octanol–water partition coefficient (Wildman–Crippen LogP) is 4.14. The van der Waals surface area contributed by atoms with Gasteiger partial charge >= 0.3 is 5.97 Å². The van der Waals surface area contributed by atoms with E-state index in [2.05, 4.69) is 24.3 Å². The van der Waals surface area contributed by atoms with Crippen molar-refractivity contribution in [1.29, 1.82) is 0 Å². The van der Waals surface area contributed by atoms with Crippen molar-refractivity contribution in [3.8, 4) is 0 Å². The molecule has 0 radical (unpaired) electrons. The average molecular weight is 298 g/mol. The fourth-order valence-corrected chi connectivity index (χ4v) is 2.26. The third-order valence-corrected chi connectivity index (χ3v) is 3.33. The molecule has 0 aliphatic rings. The largest absolute Gasteiger partial charge is 0.466 e. The zero-order valence-corrected chi connectivity index (χ0v) is 12.9. The third-order valence-electron chi connectivity index (χ3n) is 3.33. The summed E-state index contributed by atoms with van der Waals surface area (Å²) >= 11 is 0. The summed E-state index contributed by atoms with van der Waals surface area (Å²) in [5, 5.41) is 0. The number of rotatable bonds is 8. The number of esters is 1. The molecule has 2 rings (SSSR count). The molecule has 0 saturated heterocycles. The van der Waals surface area contributed by atoms with E-state index in [1.807, 2.05) is 36.4 Å². The number of hydrogen-bond donors (Lipinski definition) is 0. The van der Waals surface area contributed by atoms with Gasteiger partial charge in [0.25, 0.3) is 0 Å². The van der Waals surface area contributed by atoms with Crippen LogP contribution >= 0.6 is 0 Å². The molecule has 0 heterocycles. The molecule has 116 valence electrons. The Morgan fingerprint density at radius 2 is 1.36 bits per heavy atom. The van der Waals surface area contributed by atoms with E-state index in [1.54, 1.807) is 0 Å². The van der Waals surface area contributed by atoms with Crippen LogP contribution in [0.25, 0.3) is 0 Å². The van der Waals surface area contributed by atoms with Crippen molar-refractivity contribution in [1.82, 2.24) is 0 Å². The molecule has 22 heavy (non-hydrogen) atoms. The number of benzene rings is 2. The summed E-state index contributed by atoms with van der Waals surface area (Å²) in [6.45, 7) is 2.52. The Balaban J connectivity index is 1.91. The van der Waals surface area contributed by atoms with Gasteiger partial charge in [-0.1, -0.05) is 60.7 Å². The van der Waals surface area contributed by atoms with Crippen LogP contribution in [-0.4, -0.2) is 19.2 Å². The van der Waals surface area contributed by atoms with Gasteiger partial charge in [-0.3, -0.25) is 4.79 Å². The highest BCUT2D eigenvalue weighted by molar-refractivity contribution is 5.65. The first kappa shape index (κ1) is 16.2. The fourth-order valence-electron chi connectivity index (χ4n) is 2.26. The lowest BCUT2D eigenvalue weighted by Gasteiger charge is -2.19. The zero-order valence-electron chi connectivity index (χ0n) is 12.9. The highest BCUT2D eigenvalue weighted by Gasteiger charge is 2.13. The number of unbranched alkanes of at least 4 members (excludes halogenated alkanes) is 1. The molecule has 0 amide bonds. The lowest BCUT2D eigenvalue weighted by molar-refractivity contribution is -0.141. The van der Waals surface area contributed by atoms with E-state index in [-0.39, 0.29) is 12.1 Å². The van der Waals surface area contributed by atoms with E-state index in [4.69, 9.17) is 9.47 Å². The summed E-state index contributed by atoms with van der Waals surface area (Å²) in [6, 6.07) is 20.4. The summed E-state index contributed by atoms with van der Waals surface area (Å²) < 4.78 is 11.0. The molecule has 0 aliphatic heterocycles. The molecule has 0 atom stereocenters. The van der Waals surface area contributed by atoms with E-state index in [9.17, 15) is 4.79 Å². The normalized spacial score (nSPS) is 10.6. The summed E-state index contributed by atoms with van der Waals surface area (Å²) in [7, 11) is 0. The van der Waals surface area contributed by atoms with E-state index < -0.39 is 0 Å². The molecule has 2 aromatic carbocycles. The van der Waals surface area contributed by atoms with E-state index in [0.717, 1.165) is 24.0 Å². The maximum atomic E-state index is 10.7. The summed E-state index contributed by atoms with van der Waals surface area (Å²) in [5.41, 5.74) is 2.29. The molecule has 0 unspecified atom stereocenters. The molecule has 3 nitrogen and oxygen atoms in total.